The summed E-state index contributed by atoms with van der Waals surface area (Å²) in [5.74, 6) is 1.13. The molecule has 2 aliphatic rings. The number of benzene rings is 4. The molecule has 6 nitrogen and oxygen atoms in total. The van der Waals surface area contributed by atoms with Gasteiger partial charge in [-0.15, -0.1) is 0 Å². The van der Waals surface area contributed by atoms with Crippen LogP contribution in [-0.4, -0.2) is 39.4 Å². The van der Waals surface area contributed by atoms with E-state index in [4.69, 9.17) is 33.9 Å². The number of carbonyl (C=O) groups excluding carboxylic acids is 2. The number of primary amides is 1. The van der Waals surface area contributed by atoms with E-state index in [1.807, 2.05) is 29.2 Å². The van der Waals surface area contributed by atoms with E-state index >= 15 is 0 Å². The number of nitrogens with two attached hydrogens (primary N) is 1. The van der Waals surface area contributed by atoms with Crippen LogP contribution in [0.25, 0.3) is 11.0 Å². The fourth-order valence-corrected chi connectivity index (χ4v) is 6.75. The number of carbonyl (C=O) groups is 2. The summed E-state index contributed by atoms with van der Waals surface area (Å²) in [7, 11) is 0. The summed E-state index contributed by atoms with van der Waals surface area (Å²) in [6, 6.07) is 29.6. The normalized spacial score (nSPS) is 15.7. The first-order chi connectivity index (χ1) is 21.4. The van der Waals surface area contributed by atoms with Gasteiger partial charge in [0.2, 0.25) is 5.91 Å². The highest BCUT2D eigenvalue weighted by Crippen LogP contribution is 2.44. The molecule has 0 spiro atoms. The first-order valence-electron chi connectivity index (χ1n) is 15.1. The zero-order valence-electron chi connectivity index (χ0n) is 24.1. The van der Waals surface area contributed by atoms with Crippen molar-refractivity contribution in [2.45, 2.75) is 43.6 Å². The van der Waals surface area contributed by atoms with Crippen molar-refractivity contribution in [2.75, 3.05) is 13.1 Å². The average molecular weight is 624 g/mol. The summed E-state index contributed by atoms with van der Waals surface area (Å²) >= 11 is 12.5. The van der Waals surface area contributed by atoms with Gasteiger partial charge >= 0.3 is 0 Å². The van der Waals surface area contributed by atoms with Gasteiger partial charge in [-0.1, -0.05) is 53.5 Å². The minimum absolute atomic E-state index is 0.00193. The van der Waals surface area contributed by atoms with Gasteiger partial charge in [0.15, 0.2) is 0 Å². The molecule has 0 radical (unpaired) electrons. The Bertz CT molecular complexity index is 1790. The van der Waals surface area contributed by atoms with Crippen molar-refractivity contribution < 1.29 is 9.59 Å². The fraction of sp³-hybridized carbons (Fsp3) is 0.250. The fourth-order valence-electron chi connectivity index (χ4n) is 6.50. The lowest BCUT2D eigenvalue weighted by Crippen LogP contribution is -2.39. The molecule has 1 aromatic heterocycles. The molecule has 1 saturated heterocycles. The number of halogens is 2. The quantitative estimate of drug-likeness (QED) is 0.187. The lowest BCUT2D eigenvalue weighted by Gasteiger charge is -2.34. The number of likely N-dealkylation sites (tertiary alicyclic amines) is 1. The molecule has 1 saturated carbocycles. The van der Waals surface area contributed by atoms with Gasteiger partial charge in [0.05, 0.1) is 11.0 Å². The van der Waals surface area contributed by atoms with Gasteiger partial charge in [-0.05, 0) is 103 Å². The molecule has 44 heavy (non-hydrogen) atoms. The molecule has 8 heteroatoms. The van der Waals surface area contributed by atoms with Crippen molar-refractivity contribution >= 4 is 46.0 Å². The minimum atomic E-state index is -0.500. The zero-order valence-corrected chi connectivity index (χ0v) is 25.6. The van der Waals surface area contributed by atoms with E-state index in [0.29, 0.717) is 40.2 Å². The highest BCUT2D eigenvalue weighted by molar-refractivity contribution is 6.30. The summed E-state index contributed by atoms with van der Waals surface area (Å²) in [4.78, 5) is 31.8. The molecule has 2 amide bonds. The highest BCUT2D eigenvalue weighted by atomic mass is 35.5. The van der Waals surface area contributed by atoms with E-state index in [9.17, 15) is 9.59 Å². The molecule has 0 bridgehead atoms. The van der Waals surface area contributed by atoms with E-state index in [2.05, 4.69) is 47.0 Å². The molecule has 5 aromatic rings. The Morgan fingerprint density at radius 2 is 1.27 bits per heavy atom. The molecule has 7 rings (SSSR count). The number of aromatic nitrogens is 2. The van der Waals surface area contributed by atoms with Gasteiger partial charge < -0.3 is 15.2 Å². The Labute approximate surface area is 266 Å². The first-order valence-corrected chi connectivity index (χ1v) is 15.8. The van der Waals surface area contributed by atoms with Gasteiger partial charge in [-0.25, -0.2) is 4.98 Å². The number of hydrogen-bond donors (Lipinski definition) is 1. The summed E-state index contributed by atoms with van der Waals surface area (Å²) in [5.41, 5.74) is 12.0. The number of nitrogens with zero attached hydrogens (tertiary/aromatic N) is 3. The molecular formula is C36H32Cl2N4O2. The summed E-state index contributed by atoms with van der Waals surface area (Å²) in [6.45, 7) is 1.31. The number of amides is 2. The van der Waals surface area contributed by atoms with Crippen LogP contribution in [0.2, 0.25) is 10.0 Å². The lowest BCUT2D eigenvalue weighted by molar-refractivity contribution is 0.0694. The average Bonchev–Trinajstić information content (AvgIpc) is 3.83. The molecule has 0 unspecified atom stereocenters. The van der Waals surface area contributed by atoms with Crippen LogP contribution in [0.3, 0.4) is 0 Å². The Morgan fingerprint density at radius 1 is 0.727 bits per heavy atom. The van der Waals surface area contributed by atoms with Crippen molar-refractivity contribution in [1.82, 2.24) is 14.5 Å². The first kappa shape index (κ1) is 28.6. The highest BCUT2D eigenvalue weighted by Gasteiger charge is 2.34. The number of fused-ring (bicyclic) bond motifs is 1. The third kappa shape index (κ3) is 5.60. The van der Waals surface area contributed by atoms with Crippen LogP contribution in [0.1, 0.15) is 86.8 Å². The van der Waals surface area contributed by atoms with Crippen molar-refractivity contribution in [1.29, 1.82) is 0 Å². The second-order valence-corrected chi connectivity index (χ2v) is 12.7. The summed E-state index contributed by atoms with van der Waals surface area (Å²) in [6.07, 6.45) is 4.01. The minimum Gasteiger partial charge on any atom is -0.366 e. The molecule has 2 N–H and O–H groups in total. The van der Waals surface area contributed by atoms with Gasteiger partial charge in [0.1, 0.15) is 5.82 Å². The summed E-state index contributed by atoms with van der Waals surface area (Å²) in [5, 5.41) is 1.41. The SMILES string of the molecule is NC(=O)c1ccc(C(=O)N2CCC(n3c(C4CC4)nc4ccc(C(c5ccc(Cl)cc5)c5ccc(Cl)cc5)cc43)CC2)cc1. The van der Waals surface area contributed by atoms with Gasteiger partial charge in [-0.2, -0.15) is 0 Å². The van der Waals surface area contributed by atoms with Crippen LogP contribution in [0.5, 0.6) is 0 Å². The molecule has 222 valence electrons. The second kappa shape index (κ2) is 11.8. The van der Waals surface area contributed by atoms with E-state index < -0.39 is 5.91 Å². The smallest absolute Gasteiger partial charge is 0.253 e. The van der Waals surface area contributed by atoms with Crippen LogP contribution in [0, 0.1) is 0 Å². The van der Waals surface area contributed by atoms with Crippen LogP contribution < -0.4 is 5.73 Å². The van der Waals surface area contributed by atoms with E-state index in [1.54, 1.807) is 24.3 Å². The maximum absolute atomic E-state index is 13.3. The standard InChI is InChI=1S/C36H32Cl2N4O2/c37-28-12-7-22(8-13-28)33(23-9-14-29(38)15-10-23)27-11-16-31-32(21-27)42(35(40-31)25-3-4-25)30-17-19-41(20-18-30)36(44)26-5-1-24(2-6-26)34(39)43/h1-2,5-16,21,25,30,33H,3-4,17-20H2,(H2,39,43). The van der Waals surface area contributed by atoms with Gasteiger partial charge in [-0.3, -0.25) is 9.59 Å². The Kier molecular flexibility index (Phi) is 7.65. The molecular weight excluding hydrogens is 591 g/mol. The number of imidazole rings is 1. The number of hydrogen-bond acceptors (Lipinski definition) is 3. The maximum Gasteiger partial charge on any atom is 0.253 e. The topological polar surface area (TPSA) is 81.2 Å². The van der Waals surface area contributed by atoms with Crippen molar-refractivity contribution in [3.05, 3.63) is 135 Å². The number of piperidine rings is 1. The third-order valence-electron chi connectivity index (χ3n) is 8.96. The molecule has 2 heterocycles. The molecule has 1 aliphatic carbocycles. The zero-order chi connectivity index (χ0) is 30.4. The van der Waals surface area contributed by atoms with Gasteiger partial charge in [0.25, 0.3) is 5.91 Å². The number of rotatable bonds is 7. The van der Waals surface area contributed by atoms with Gasteiger partial charge in [0, 0.05) is 52.1 Å². The predicted molar refractivity (Wildman–Crippen MR) is 175 cm³/mol. The van der Waals surface area contributed by atoms with Crippen molar-refractivity contribution in [3.8, 4) is 0 Å². The van der Waals surface area contributed by atoms with Crippen LogP contribution in [0.4, 0.5) is 0 Å². The van der Waals surface area contributed by atoms with Crippen molar-refractivity contribution in [2.24, 2.45) is 5.73 Å². The Balaban J connectivity index is 1.21. The van der Waals surface area contributed by atoms with Crippen molar-refractivity contribution in [3.63, 3.8) is 0 Å². The Hall–Kier alpha value is -4.13. The lowest BCUT2D eigenvalue weighted by atomic mass is 9.85. The van der Waals surface area contributed by atoms with Crippen LogP contribution >= 0.6 is 23.2 Å². The van der Waals surface area contributed by atoms with E-state index in [0.717, 1.165) is 47.8 Å². The molecule has 4 aromatic carbocycles. The van der Waals surface area contributed by atoms with E-state index in [1.165, 1.54) is 11.4 Å². The third-order valence-corrected chi connectivity index (χ3v) is 9.46. The molecule has 1 aliphatic heterocycles. The van der Waals surface area contributed by atoms with Crippen LogP contribution in [0.15, 0.2) is 91.0 Å². The maximum atomic E-state index is 13.3. The molecule has 2 fully saturated rings. The van der Waals surface area contributed by atoms with Crippen LogP contribution in [-0.2, 0) is 0 Å². The second-order valence-electron chi connectivity index (χ2n) is 11.9. The summed E-state index contributed by atoms with van der Waals surface area (Å²) < 4.78 is 2.47. The predicted octanol–water partition coefficient (Wildman–Crippen LogP) is 7.98. The molecule has 0 atom stereocenters. The largest absolute Gasteiger partial charge is 0.366 e. The van der Waals surface area contributed by atoms with E-state index in [-0.39, 0.29) is 17.9 Å². The monoisotopic (exact) mass is 622 g/mol. The Morgan fingerprint density at radius 3 is 1.82 bits per heavy atom.